The topological polar surface area (TPSA) is 38.3 Å². The van der Waals surface area contributed by atoms with Crippen molar-refractivity contribution in [1.82, 2.24) is 0 Å². The fourth-order valence-corrected chi connectivity index (χ4v) is 2.25. The quantitative estimate of drug-likeness (QED) is 0.781. The Kier molecular flexibility index (Phi) is 2.42. The van der Waals surface area contributed by atoms with E-state index < -0.39 is 0 Å². The summed E-state index contributed by atoms with van der Waals surface area (Å²) in [6.07, 6.45) is 1.75. The van der Waals surface area contributed by atoms with Gasteiger partial charge < -0.3 is 10.1 Å². The predicted octanol–water partition coefficient (Wildman–Crippen LogP) is 3.12. The molecule has 1 amide bonds. The van der Waals surface area contributed by atoms with E-state index in [1.807, 2.05) is 41.8 Å². The second-order valence-corrected chi connectivity index (χ2v) is 4.56. The normalized spacial score (nSPS) is 16.2. The maximum Gasteiger partial charge on any atom is 0.291 e. The van der Waals surface area contributed by atoms with Crippen molar-refractivity contribution in [1.29, 1.82) is 0 Å². The Bertz CT molecular complexity index is 587. The van der Waals surface area contributed by atoms with Crippen LogP contribution in [-0.2, 0) is 4.79 Å². The summed E-state index contributed by atoms with van der Waals surface area (Å²) in [5.74, 6) is 0.790. The molecule has 17 heavy (non-hydrogen) atoms. The van der Waals surface area contributed by atoms with Crippen molar-refractivity contribution >= 4 is 29.0 Å². The van der Waals surface area contributed by atoms with Gasteiger partial charge >= 0.3 is 0 Å². The number of nitrogens with one attached hydrogen (secondary N) is 1. The summed E-state index contributed by atoms with van der Waals surface area (Å²) in [6, 6.07) is 11.3. The van der Waals surface area contributed by atoms with Crippen molar-refractivity contribution < 1.29 is 9.53 Å². The number of anilines is 1. The molecule has 0 radical (unpaired) electrons. The van der Waals surface area contributed by atoms with Gasteiger partial charge in [-0.1, -0.05) is 18.2 Å². The third-order valence-corrected chi connectivity index (χ3v) is 3.21. The maximum absolute atomic E-state index is 11.8. The summed E-state index contributed by atoms with van der Waals surface area (Å²) in [4.78, 5) is 12.8. The van der Waals surface area contributed by atoms with Gasteiger partial charge in [0.05, 0.1) is 5.69 Å². The molecular formula is C13H9NO2S. The Morgan fingerprint density at radius 2 is 2.06 bits per heavy atom. The predicted molar refractivity (Wildman–Crippen MR) is 68.0 cm³/mol. The standard InChI is InChI=1S/C13H9NO2S/c15-13-12(8-9-4-3-7-17-9)16-11-6-2-1-5-10(11)14-13/h1-8H,(H,14,15)/b12-8+. The van der Waals surface area contributed by atoms with Crippen molar-refractivity contribution in [3.05, 3.63) is 52.4 Å². The van der Waals surface area contributed by atoms with Gasteiger partial charge in [0.1, 0.15) is 0 Å². The number of hydrogen-bond acceptors (Lipinski definition) is 3. The van der Waals surface area contributed by atoms with Crippen molar-refractivity contribution in [2.75, 3.05) is 5.32 Å². The van der Waals surface area contributed by atoms with E-state index in [9.17, 15) is 4.79 Å². The Hall–Kier alpha value is -2.07. The average Bonchev–Trinajstić information content (AvgIpc) is 2.83. The van der Waals surface area contributed by atoms with Crippen LogP contribution in [0.3, 0.4) is 0 Å². The minimum Gasteiger partial charge on any atom is -0.449 e. The Labute approximate surface area is 102 Å². The molecule has 2 aromatic rings. The van der Waals surface area contributed by atoms with E-state index in [0.29, 0.717) is 17.2 Å². The van der Waals surface area contributed by atoms with E-state index in [1.165, 1.54) is 0 Å². The number of hydrogen-bond donors (Lipinski definition) is 1. The van der Waals surface area contributed by atoms with Gasteiger partial charge in [-0.15, -0.1) is 11.3 Å². The van der Waals surface area contributed by atoms with Crippen LogP contribution in [0.2, 0.25) is 0 Å². The SMILES string of the molecule is O=C1Nc2ccccc2O/C1=C/c1cccs1. The van der Waals surface area contributed by atoms with Crippen molar-refractivity contribution in [2.24, 2.45) is 0 Å². The van der Waals surface area contributed by atoms with Crippen molar-refractivity contribution in [3.8, 4) is 5.75 Å². The monoisotopic (exact) mass is 243 g/mol. The van der Waals surface area contributed by atoms with Crippen LogP contribution in [0.25, 0.3) is 6.08 Å². The molecule has 3 rings (SSSR count). The molecule has 0 saturated carbocycles. The lowest BCUT2D eigenvalue weighted by molar-refractivity contribution is -0.115. The molecule has 2 heterocycles. The van der Waals surface area contributed by atoms with Gasteiger partial charge in [-0.25, -0.2) is 0 Å². The number of benzene rings is 1. The lowest BCUT2D eigenvalue weighted by Gasteiger charge is -2.19. The van der Waals surface area contributed by atoms with Crippen LogP contribution < -0.4 is 10.1 Å². The number of rotatable bonds is 1. The number of amides is 1. The summed E-state index contributed by atoms with van der Waals surface area (Å²) in [6.45, 7) is 0. The zero-order valence-corrected chi connectivity index (χ0v) is 9.66. The van der Waals surface area contributed by atoms with E-state index >= 15 is 0 Å². The first-order valence-corrected chi connectivity index (χ1v) is 6.04. The number of ether oxygens (including phenoxy) is 1. The first-order chi connectivity index (χ1) is 8.33. The number of fused-ring (bicyclic) bond motifs is 1. The van der Waals surface area contributed by atoms with Gasteiger partial charge in [-0.2, -0.15) is 0 Å². The van der Waals surface area contributed by atoms with E-state index in [1.54, 1.807) is 17.4 Å². The number of carbonyl (C=O) groups excluding carboxylic acids is 1. The largest absolute Gasteiger partial charge is 0.449 e. The number of para-hydroxylation sites is 2. The van der Waals surface area contributed by atoms with Gasteiger partial charge in [0.15, 0.2) is 11.5 Å². The molecule has 0 saturated heterocycles. The fourth-order valence-electron chi connectivity index (χ4n) is 1.61. The van der Waals surface area contributed by atoms with Crippen LogP contribution in [0.15, 0.2) is 47.5 Å². The molecule has 1 aliphatic heterocycles. The first kappa shape index (κ1) is 10.1. The highest BCUT2D eigenvalue weighted by molar-refractivity contribution is 7.10. The average molecular weight is 243 g/mol. The van der Waals surface area contributed by atoms with Crippen molar-refractivity contribution in [3.63, 3.8) is 0 Å². The molecule has 1 N–H and O–H groups in total. The molecule has 1 aromatic carbocycles. The van der Waals surface area contributed by atoms with Crippen LogP contribution in [0.5, 0.6) is 5.75 Å². The molecule has 0 unspecified atom stereocenters. The third-order valence-electron chi connectivity index (χ3n) is 2.40. The van der Waals surface area contributed by atoms with Crippen LogP contribution in [0, 0.1) is 0 Å². The summed E-state index contributed by atoms with van der Waals surface area (Å²) in [7, 11) is 0. The molecule has 84 valence electrons. The van der Waals surface area contributed by atoms with Gasteiger partial charge in [0, 0.05) is 11.0 Å². The van der Waals surface area contributed by atoms with E-state index in [4.69, 9.17) is 4.74 Å². The van der Waals surface area contributed by atoms with Gasteiger partial charge in [-0.3, -0.25) is 4.79 Å². The highest BCUT2D eigenvalue weighted by Gasteiger charge is 2.21. The minimum atomic E-state index is -0.211. The Morgan fingerprint density at radius 3 is 2.88 bits per heavy atom. The van der Waals surface area contributed by atoms with Gasteiger partial charge in [0.25, 0.3) is 5.91 Å². The van der Waals surface area contributed by atoms with Crippen LogP contribution in [0.1, 0.15) is 4.88 Å². The molecule has 1 aliphatic rings. The number of carbonyl (C=O) groups is 1. The molecule has 0 spiro atoms. The lowest BCUT2D eigenvalue weighted by atomic mass is 10.2. The van der Waals surface area contributed by atoms with E-state index in [-0.39, 0.29) is 5.91 Å². The molecule has 4 heteroatoms. The van der Waals surface area contributed by atoms with Crippen LogP contribution in [-0.4, -0.2) is 5.91 Å². The second kappa shape index (κ2) is 4.07. The van der Waals surface area contributed by atoms with Crippen molar-refractivity contribution in [2.45, 2.75) is 0 Å². The zero-order valence-electron chi connectivity index (χ0n) is 8.84. The fraction of sp³-hybridized carbons (Fsp3) is 0. The summed E-state index contributed by atoms with van der Waals surface area (Å²) in [5, 5.41) is 4.75. The summed E-state index contributed by atoms with van der Waals surface area (Å²) in [5.41, 5.74) is 0.709. The summed E-state index contributed by atoms with van der Waals surface area (Å²) >= 11 is 1.56. The van der Waals surface area contributed by atoms with Gasteiger partial charge in [-0.05, 0) is 23.6 Å². The van der Waals surface area contributed by atoms with Crippen LogP contribution in [0.4, 0.5) is 5.69 Å². The van der Waals surface area contributed by atoms with E-state index in [2.05, 4.69) is 5.32 Å². The van der Waals surface area contributed by atoms with E-state index in [0.717, 1.165) is 4.88 Å². The molecule has 0 bridgehead atoms. The maximum atomic E-state index is 11.8. The first-order valence-electron chi connectivity index (χ1n) is 5.16. The Morgan fingerprint density at radius 1 is 1.18 bits per heavy atom. The number of thiophene rings is 1. The van der Waals surface area contributed by atoms with Gasteiger partial charge in [0.2, 0.25) is 0 Å². The highest BCUT2D eigenvalue weighted by atomic mass is 32.1. The lowest BCUT2D eigenvalue weighted by Crippen LogP contribution is -2.23. The minimum absolute atomic E-state index is 0.211. The molecule has 0 fully saturated rings. The molecule has 0 aliphatic carbocycles. The zero-order chi connectivity index (χ0) is 11.7. The molecule has 1 aromatic heterocycles. The molecule has 3 nitrogen and oxygen atoms in total. The van der Waals surface area contributed by atoms with Crippen LogP contribution >= 0.6 is 11.3 Å². The summed E-state index contributed by atoms with van der Waals surface area (Å²) < 4.78 is 5.57. The third kappa shape index (κ3) is 1.94. The highest BCUT2D eigenvalue weighted by Crippen LogP contribution is 2.31. The smallest absolute Gasteiger partial charge is 0.291 e. The second-order valence-electron chi connectivity index (χ2n) is 3.58. The molecule has 0 atom stereocenters. The molecular weight excluding hydrogens is 234 g/mol. The Balaban J connectivity index is 1.97.